The monoisotopic (exact) mass is 1170 g/mol. The second-order valence-electron chi connectivity index (χ2n) is 13.2. The minimum Gasteiger partial charge on any atom is -0.344 e. The summed E-state index contributed by atoms with van der Waals surface area (Å²) in [6.45, 7) is -9.38. The molecular formula is C24H19F34N2O6PS2. The fourth-order valence-corrected chi connectivity index (χ4v) is 8.99. The van der Waals surface area contributed by atoms with Gasteiger partial charge in [0.15, 0.2) is 0 Å². The van der Waals surface area contributed by atoms with Crippen LogP contribution in [0.1, 0.15) is 13.8 Å². The molecule has 0 radical (unpaired) electrons. The molecule has 0 aromatic carbocycles. The molecule has 0 aliphatic heterocycles. The molecule has 8 nitrogen and oxygen atoms in total. The number of halogens is 34. The molecule has 0 aliphatic carbocycles. The predicted molar refractivity (Wildman–Crippen MR) is 153 cm³/mol. The first kappa shape index (κ1) is 66.6. The van der Waals surface area contributed by atoms with Gasteiger partial charge in [-0.1, -0.05) is 13.8 Å². The third-order valence-corrected chi connectivity index (χ3v) is 14.7. The van der Waals surface area contributed by atoms with Gasteiger partial charge in [-0.25, -0.2) is 16.8 Å². The smallest absolute Gasteiger partial charge is 0.344 e. The number of alkyl halides is 34. The maximum atomic E-state index is 14.6. The van der Waals surface area contributed by atoms with Gasteiger partial charge in [0.2, 0.25) is 7.37 Å². The third-order valence-electron chi connectivity index (χ3n) is 8.82. The Hall–Kier alpha value is -2.37. The Balaban J connectivity index is 7.00. The van der Waals surface area contributed by atoms with Crippen molar-refractivity contribution >= 4 is 27.4 Å². The third kappa shape index (κ3) is 9.23. The molecule has 0 spiro atoms. The molecule has 416 valence electrons. The van der Waals surface area contributed by atoms with E-state index in [1.807, 2.05) is 0 Å². The van der Waals surface area contributed by atoms with Crippen LogP contribution in [0.15, 0.2) is 0 Å². The zero-order valence-electron chi connectivity index (χ0n) is 31.7. The van der Waals surface area contributed by atoms with Gasteiger partial charge in [0.25, 0.3) is 20.0 Å². The van der Waals surface area contributed by atoms with Gasteiger partial charge in [0, 0.05) is 38.5 Å². The summed E-state index contributed by atoms with van der Waals surface area (Å²) in [4.78, 5) is 9.92. The number of sulfonamides is 2. The number of nitrogens with zero attached hydrogens (tertiary/aromatic N) is 2. The molecule has 1 N–H and O–H groups in total. The summed E-state index contributed by atoms with van der Waals surface area (Å²) in [5.41, 5.74) is 0. The van der Waals surface area contributed by atoms with E-state index in [-0.39, 0.29) is 13.8 Å². The Kier molecular flexibility index (Phi) is 17.3. The van der Waals surface area contributed by atoms with E-state index < -0.39 is 168 Å². The number of rotatable bonds is 24. The second-order valence-corrected chi connectivity index (χ2v) is 19.8. The second kappa shape index (κ2) is 17.9. The summed E-state index contributed by atoms with van der Waals surface area (Å²) < 4.78 is 521. The molecule has 0 aromatic heterocycles. The molecule has 0 atom stereocenters. The van der Waals surface area contributed by atoms with Gasteiger partial charge in [0.05, 0.1) is 0 Å². The van der Waals surface area contributed by atoms with Crippen molar-refractivity contribution < 1.29 is 176 Å². The van der Waals surface area contributed by atoms with Crippen molar-refractivity contribution in [2.45, 2.75) is 108 Å². The Bertz CT molecular complexity index is 1980. The highest BCUT2D eigenvalue weighted by molar-refractivity contribution is 7.90. The lowest BCUT2D eigenvalue weighted by molar-refractivity contribution is -0.458. The van der Waals surface area contributed by atoms with E-state index in [0.29, 0.717) is 0 Å². The predicted octanol–water partition coefficient (Wildman–Crippen LogP) is 10.5. The van der Waals surface area contributed by atoms with Crippen LogP contribution in [0.2, 0.25) is 0 Å². The summed E-state index contributed by atoms with van der Waals surface area (Å²) in [5.74, 6) is -109. The van der Waals surface area contributed by atoms with Gasteiger partial charge >= 0.3 is 93.9 Å². The summed E-state index contributed by atoms with van der Waals surface area (Å²) in [6, 6.07) is 0. The SMILES string of the molecule is CCN(CCP(=O)(O)CCN(CC)S(=O)(=O)C(F)(F)C(F)(F)C(F)(F)C(F)(F)C(F)(F)C(F)(F)C(F)(F)C(F)(F)F)S(=O)(=O)C(F)(F)C(F)(F)C(F)(F)C(F)(F)C(F)(F)C(F)(F)C(F)(F)C(F)(F)F. The summed E-state index contributed by atoms with van der Waals surface area (Å²) in [5, 5.41) is -16.6. The minimum atomic E-state index is -9.32. The molecule has 45 heteroatoms. The van der Waals surface area contributed by atoms with E-state index in [4.69, 9.17) is 0 Å². The molecule has 0 unspecified atom stereocenters. The number of hydrogen-bond acceptors (Lipinski definition) is 5. The molecule has 0 fully saturated rings. The molecule has 0 saturated carbocycles. The van der Waals surface area contributed by atoms with Crippen molar-refractivity contribution in [1.82, 2.24) is 8.61 Å². The lowest BCUT2D eigenvalue weighted by Crippen LogP contribution is -2.75. The molecule has 0 amide bonds. The Labute approximate surface area is 358 Å². The summed E-state index contributed by atoms with van der Waals surface area (Å²) in [6.07, 6.45) is -21.3. The van der Waals surface area contributed by atoms with Crippen molar-refractivity contribution in [3.63, 3.8) is 0 Å². The molecule has 0 aliphatic rings. The molecular weight excluding hydrogens is 1150 g/mol. The van der Waals surface area contributed by atoms with Crippen LogP contribution in [0.4, 0.5) is 149 Å². The van der Waals surface area contributed by atoms with Gasteiger partial charge in [-0.3, -0.25) is 4.57 Å². The molecule has 0 aromatic rings. The van der Waals surface area contributed by atoms with Crippen LogP contribution in [-0.2, 0) is 24.6 Å². The van der Waals surface area contributed by atoms with Gasteiger partial charge in [0.1, 0.15) is 0 Å². The van der Waals surface area contributed by atoms with Crippen molar-refractivity contribution in [1.29, 1.82) is 0 Å². The van der Waals surface area contributed by atoms with Crippen LogP contribution in [-0.4, -0.2) is 163 Å². The van der Waals surface area contributed by atoms with Crippen molar-refractivity contribution in [2.75, 3.05) is 38.5 Å². The lowest BCUT2D eigenvalue weighted by atomic mass is 9.91. The van der Waals surface area contributed by atoms with Crippen LogP contribution >= 0.6 is 7.37 Å². The maximum Gasteiger partial charge on any atom is 0.460 e. The van der Waals surface area contributed by atoms with E-state index in [1.54, 1.807) is 0 Å². The van der Waals surface area contributed by atoms with Gasteiger partial charge in [-0.2, -0.15) is 158 Å². The van der Waals surface area contributed by atoms with Crippen LogP contribution < -0.4 is 0 Å². The van der Waals surface area contributed by atoms with E-state index in [0.717, 1.165) is 0 Å². The minimum absolute atomic E-state index is 0.0144. The fourth-order valence-electron chi connectivity index (χ4n) is 4.49. The first-order chi connectivity index (χ1) is 29.3. The van der Waals surface area contributed by atoms with E-state index in [1.165, 1.54) is 0 Å². The van der Waals surface area contributed by atoms with Gasteiger partial charge in [-0.05, 0) is 0 Å². The number of hydrogen-bond donors (Lipinski definition) is 1. The standard InChI is InChI=1S/C24H19F34N2O6PS2/c1-3-59(68(63,64)23(55,56)19(45,46)15(37,38)11(29,30)9(25,26)13(33,34)17(41,42)21(49,50)51)5-7-67(61,62)8-6-60(4-2)69(65,66)24(57,58)20(47,48)16(39,40)12(31,32)10(27,28)14(35,36)18(43,44)22(52,53)54/h3-8H2,1-2H3,(H,61,62). The first-order valence-corrected chi connectivity index (χ1v) is 21.0. The lowest BCUT2D eigenvalue weighted by Gasteiger charge is -2.43. The van der Waals surface area contributed by atoms with Crippen LogP contribution in [0.25, 0.3) is 0 Å². The van der Waals surface area contributed by atoms with E-state index in [9.17, 15) is 176 Å². The Morgan fingerprint density at radius 1 is 0.333 bits per heavy atom. The van der Waals surface area contributed by atoms with E-state index in [2.05, 4.69) is 0 Å². The maximum absolute atomic E-state index is 14.6. The molecule has 0 rings (SSSR count). The first-order valence-electron chi connectivity index (χ1n) is 16.1. The normalized spacial score (nSPS) is 16.8. The zero-order chi connectivity index (χ0) is 56.9. The molecule has 0 heterocycles. The van der Waals surface area contributed by atoms with Crippen molar-refractivity contribution in [2.24, 2.45) is 0 Å². The topological polar surface area (TPSA) is 112 Å². The van der Waals surface area contributed by atoms with Crippen LogP contribution in [0.3, 0.4) is 0 Å². The van der Waals surface area contributed by atoms with Crippen molar-refractivity contribution in [3.8, 4) is 0 Å². The van der Waals surface area contributed by atoms with Gasteiger partial charge < -0.3 is 4.89 Å². The fraction of sp³-hybridized carbons (Fsp3) is 1.00. The highest BCUT2D eigenvalue weighted by Gasteiger charge is 2.98. The average molecular weight is 1170 g/mol. The molecule has 69 heavy (non-hydrogen) atoms. The van der Waals surface area contributed by atoms with Gasteiger partial charge in [-0.15, -0.1) is 0 Å². The molecule has 0 bridgehead atoms. The summed E-state index contributed by atoms with van der Waals surface area (Å²) in [7, 11) is -22.6. The summed E-state index contributed by atoms with van der Waals surface area (Å²) >= 11 is 0. The Morgan fingerprint density at radius 3 is 0.652 bits per heavy atom. The zero-order valence-corrected chi connectivity index (χ0v) is 34.3. The average Bonchev–Trinajstić information content (AvgIpc) is 3.12. The van der Waals surface area contributed by atoms with Crippen LogP contribution in [0.5, 0.6) is 0 Å². The molecule has 0 saturated heterocycles. The highest BCUT2D eigenvalue weighted by atomic mass is 32.2. The Morgan fingerprint density at radius 2 is 0.493 bits per heavy atom. The quantitative estimate of drug-likeness (QED) is 0.0761. The van der Waals surface area contributed by atoms with Crippen molar-refractivity contribution in [3.05, 3.63) is 0 Å². The van der Waals surface area contributed by atoms with E-state index >= 15 is 0 Å². The largest absolute Gasteiger partial charge is 0.460 e. The van der Waals surface area contributed by atoms with Crippen LogP contribution in [0, 0.1) is 0 Å². The highest BCUT2D eigenvalue weighted by Crippen LogP contribution is 2.67.